The lowest BCUT2D eigenvalue weighted by Gasteiger charge is -2.29. The van der Waals surface area contributed by atoms with Crippen LogP contribution in [0.25, 0.3) is 0 Å². The fourth-order valence-electron chi connectivity index (χ4n) is 5.37. The van der Waals surface area contributed by atoms with Crippen LogP contribution in [0, 0.1) is 0 Å². The van der Waals surface area contributed by atoms with E-state index >= 15 is 0 Å². The molecule has 2 aromatic carbocycles. The molecule has 0 N–H and O–H groups in total. The van der Waals surface area contributed by atoms with Crippen molar-refractivity contribution < 1.29 is 0 Å². The molecule has 46 heavy (non-hydrogen) atoms. The Hall–Kier alpha value is -4.69. The van der Waals surface area contributed by atoms with Crippen LogP contribution in [0.1, 0.15) is 72.4 Å². The molecule has 3 rings (SSSR count). The molecular formula is C41H51N5. The van der Waals surface area contributed by atoms with Gasteiger partial charge in [0, 0.05) is 43.1 Å². The van der Waals surface area contributed by atoms with Gasteiger partial charge in [0.1, 0.15) is 5.84 Å². The molecule has 2 aromatic rings. The van der Waals surface area contributed by atoms with Crippen LogP contribution < -0.4 is 0 Å². The van der Waals surface area contributed by atoms with Crippen LogP contribution in [-0.2, 0) is 10.8 Å². The van der Waals surface area contributed by atoms with Crippen LogP contribution in [0.15, 0.2) is 136 Å². The molecular weight excluding hydrogens is 562 g/mol. The van der Waals surface area contributed by atoms with Gasteiger partial charge in [-0.25, -0.2) is 4.99 Å². The van der Waals surface area contributed by atoms with Crippen LogP contribution >= 0.6 is 0 Å². The Labute approximate surface area is 277 Å². The summed E-state index contributed by atoms with van der Waals surface area (Å²) >= 11 is 0. The summed E-state index contributed by atoms with van der Waals surface area (Å²) < 4.78 is 0. The molecule has 0 aromatic heterocycles. The van der Waals surface area contributed by atoms with Gasteiger partial charge >= 0.3 is 0 Å². The Kier molecular flexibility index (Phi) is 12.1. The highest BCUT2D eigenvalue weighted by molar-refractivity contribution is 6.41. The lowest BCUT2D eigenvalue weighted by atomic mass is 9.74. The summed E-state index contributed by atoms with van der Waals surface area (Å²) in [5, 5.41) is 0. The molecule has 0 saturated carbocycles. The molecule has 0 unspecified atom stereocenters. The Morgan fingerprint density at radius 3 is 1.54 bits per heavy atom. The summed E-state index contributed by atoms with van der Waals surface area (Å²) in [5.41, 5.74) is 15.7. The van der Waals surface area contributed by atoms with E-state index in [4.69, 9.17) is 9.98 Å². The molecule has 240 valence electrons. The van der Waals surface area contributed by atoms with Gasteiger partial charge in [0.25, 0.3) is 0 Å². The Morgan fingerprint density at radius 1 is 0.761 bits per heavy atom. The summed E-state index contributed by atoms with van der Waals surface area (Å²) in [5.74, 6) is 0.820. The summed E-state index contributed by atoms with van der Waals surface area (Å²) in [7, 11) is 5.71. The summed E-state index contributed by atoms with van der Waals surface area (Å²) in [6.45, 7) is 23.2. The van der Waals surface area contributed by atoms with Crippen molar-refractivity contribution in [2.24, 2.45) is 15.0 Å². The third kappa shape index (κ3) is 8.12. The molecule has 0 radical (unpaired) electrons. The maximum Gasteiger partial charge on any atom is 0.149 e. The standard InChI is InChI=1S/C41H51N5/c1-13-29-46(12)30(5)37(14-2)43-35-25-21-33(22-26-35)40(6,7)31-17-19-32(20-18-31)41(8,9)34-23-27-36(28-24-34)44-38(15-3)39(42-10)45(11)16-4/h13,16-17,19,21-29H,4-5,14-15H2,1-3,6-12H3/b29-13-,42-39?,43-37?,44-38?. The average molecular weight is 614 g/mol. The molecule has 1 aliphatic rings. The van der Waals surface area contributed by atoms with Crippen molar-refractivity contribution in [2.45, 2.75) is 72.1 Å². The fourth-order valence-corrected chi connectivity index (χ4v) is 5.37. The minimum atomic E-state index is -0.254. The highest BCUT2D eigenvalue weighted by atomic mass is 15.2. The molecule has 0 saturated heterocycles. The van der Waals surface area contributed by atoms with E-state index in [0.29, 0.717) is 0 Å². The number of aliphatic imine (C=N–C) groups is 3. The van der Waals surface area contributed by atoms with Crippen molar-refractivity contribution >= 4 is 28.6 Å². The zero-order valence-corrected chi connectivity index (χ0v) is 29.6. The second-order valence-electron chi connectivity index (χ2n) is 12.5. The quantitative estimate of drug-likeness (QED) is 0.128. The van der Waals surface area contributed by atoms with E-state index in [0.717, 1.165) is 58.3 Å². The summed E-state index contributed by atoms with van der Waals surface area (Å²) in [4.78, 5) is 18.1. The van der Waals surface area contributed by atoms with E-state index in [1.54, 1.807) is 13.2 Å². The minimum Gasteiger partial charge on any atom is -0.350 e. The lowest BCUT2D eigenvalue weighted by molar-refractivity contribution is 0.598. The molecule has 0 heterocycles. The van der Waals surface area contributed by atoms with Crippen LogP contribution in [0.5, 0.6) is 0 Å². The molecule has 1 aliphatic carbocycles. The second-order valence-corrected chi connectivity index (χ2v) is 12.5. The number of hydrogen-bond acceptors (Lipinski definition) is 4. The van der Waals surface area contributed by atoms with E-state index in [1.807, 2.05) is 43.1 Å². The van der Waals surface area contributed by atoms with Crippen LogP contribution in [0.4, 0.5) is 11.4 Å². The maximum absolute atomic E-state index is 4.90. The zero-order chi connectivity index (χ0) is 34.1. The normalized spacial score (nSPS) is 14.3. The average Bonchev–Trinajstić information content (AvgIpc) is 3.07. The molecule has 0 amide bonds. The number of benzene rings is 2. The molecule has 5 heteroatoms. The minimum absolute atomic E-state index is 0.248. The number of rotatable bonds is 13. The van der Waals surface area contributed by atoms with Crippen molar-refractivity contribution in [1.82, 2.24) is 9.80 Å². The van der Waals surface area contributed by atoms with Crippen LogP contribution in [0.3, 0.4) is 0 Å². The van der Waals surface area contributed by atoms with Gasteiger partial charge in [-0.3, -0.25) is 9.98 Å². The molecule has 0 fully saturated rings. The first-order chi connectivity index (χ1) is 21.8. The predicted molar refractivity (Wildman–Crippen MR) is 200 cm³/mol. The van der Waals surface area contributed by atoms with Gasteiger partial charge in [0.05, 0.1) is 28.5 Å². The van der Waals surface area contributed by atoms with Crippen LogP contribution in [0.2, 0.25) is 0 Å². The van der Waals surface area contributed by atoms with Gasteiger partial charge in [-0.05, 0) is 79.7 Å². The van der Waals surface area contributed by atoms with Crippen molar-refractivity contribution in [3.05, 3.63) is 132 Å². The monoisotopic (exact) mass is 613 g/mol. The molecule has 0 bridgehead atoms. The Balaban J connectivity index is 1.87. The summed E-state index contributed by atoms with van der Waals surface area (Å²) in [6.07, 6.45) is 11.7. The largest absolute Gasteiger partial charge is 0.350 e. The van der Waals surface area contributed by atoms with Gasteiger partial charge in [-0.15, -0.1) is 0 Å². The number of nitrogens with zero attached hydrogens (tertiary/aromatic N) is 5. The second kappa shape index (κ2) is 15.5. The van der Waals surface area contributed by atoms with E-state index in [2.05, 4.69) is 132 Å². The first-order valence-electron chi connectivity index (χ1n) is 16.0. The molecule has 5 nitrogen and oxygen atoms in total. The van der Waals surface area contributed by atoms with Crippen molar-refractivity contribution in [2.75, 3.05) is 21.1 Å². The number of allylic oxidation sites excluding steroid dienone is 6. The highest BCUT2D eigenvalue weighted by Gasteiger charge is 2.28. The molecule has 0 spiro atoms. The lowest BCUT2D eigenvalue weighted by Crippen LogP contribution is -2.28. The fraction of sp³-hybridized carbons (Fsp3) is 0.341. The van der Waals surface area contributed by atoms with E-state index in [1.165, 1.54) is 11.1 Å². The first-order valence-corrected chi connectivity index (χ1v) is 16.0. The van der Waals surface area contributed by atoms with Crippen molar-refractivity contribution in [3.8, 4) is 0 Å². The maximum atomic E-state index is 4.90. The number of amidine groups is 1. The van der Waals surface area contributed by atoms with E-state index in [-0.39, 0.29) is 10.8 Å². The zero-order valence-electron chi connectivity index (χ0n) is 29.6. The molecule has 0 atom stereocenters. The number of hydrogen-bond donors (Lipinski definition) is 0. The van der Waals surface area contributed by atoms with Crippen molar-refractivity contribution in [1.29, 1.82) is 0 Å². The topological polar surface area (TPSA) is 43.6 Å². The van der Waals surface area contributed by atoms with Gasteiger partial charge in [-0.2, -0.15) is 0 Å². The van der Waals surface area contributed by atoms with Gasteiger partial charge < -0.3 is 9.80 Å². The third-order valence-electron chi connectivity index (χ3n) is 8.68. The van der Waals surface area contributed by atoms with Gasteiger partial charge in [0.15, 0.2) is 0 Å². The summed E-state index contributed by atoms with van der Waals surface area (Å²) in [6, 6.07) is 16.9. The van der Waals surface area contributed by atoms with Crippen LogP contribution in [-0.4, -0.2) is 48.2 Å². The third-order valence-corrected chi connectivity index (χ3v) is 8.68. The molecule has 0 aliphatic heterocycles. The van der Waals surface area contributed by atoms with E-state index in [9.17, 15) is 0 Å². The van der Waals surface area contributed by atoms with Gasteiger partial charge in [0.2, 0.25) is 0 Å². The SMILES string of the molecule is C=CN(C)C(=NC)C(CC)=Nc1ccc(C(C)(C)C2=C=C=C(C(C)(C)c3ccc(N=C(CC)C(=C)N(C)/C=C\C)cc3)C=C2)cc1. The predicted octanol–water partition coefficient (Wildman–Crippen LogP) is 10.2. The van der Waals surface area contributed by atoms with Crippen molar-refractivity contribution in [3.63, 3.8) is 0 Å². The Morgan fingerprint density at radius 2 is 1.20 bits per heavy atom. The Bertz CT molecular complexity index is 1680. The van der Waals surface area contributed by atoms with Gasteiger partial charge in [-0.1, -0.05) is 96.5 Å². The van der Waals surface area contributed by atoms with E-state index < -0.39 is 0 Å². The smallest absolute Gasteiger partial charge is 0.149 e. The highest BCUT2D eigenvalue weighted by Crippen LogP contribution is 2.38. The first kappa shape index (κ1) is 35.8.